The number of carbonyl (C=O) groups excluding carboxylic acids is 1. The van der Waals surface area contributed by atoms with Crippen LogP contribution in [0, 0.1) is 6.92 Å². The molecule has 5 heteroatoms. The topological polar surface area (TPSA) is 54.7 Å². The zero-order valence-corrected chi connectivity index (χ0v) is 18.4. The van der Waals surface area contributed by atoms with Crippen molar-refractivity contribution in [2.24, 2.45) is 4.99 Å². The van der Waals surface area contributed by atoms with Crippen LogP contribution in [-0.2, 0) is 13.1 Å². The van der Waals surface area contributed by atoms with Crippen molar-refractivity contribution < 1.29 is 4.79 Å². The second-order valence-corrected chi connectivity index (χ2v) is 8.60. The molecule has 0 bridgehead atoms. The van der Waals surface area contributed by atoms with Gasteiger partial charge in [-0.1, -0.05) is 66.2 Å². The van der Waals surface area contributed by atoms with Gasteiger partial charge < -0.3 is 9.47 Å². The standard InChI is InChI=1S/C27H27N3O2/c1-19-11-13-21(14-12-19)23-22-10-7-15-28-24(22)26(31)30-17-6-5-16-29(27(32)25(23)30)18-20-8-3-2-4-9-20/h2-4,8-14H,5-7,15-18H2,1H3. The fourth-order valence-electron chi connectivity index (χ4n) is 4.69. The molecule has 2 aliphatic heterocycles. The van der Waals surface area contributed by atoms with E-state index in [0.29, 0.717) is 37.2 Å². The second kappa shape index (κ2) is 8.58. The van der Waals surface area contributed by atoms with Crippen molar-refractivity contribution in [2.75, 3.05) is 13.1 Å². The Kier molecular flexibility index (Phi) is 5.48. The number of aromatic nitrogens is 1. The Morgan fingerprint density at radius 1 is 0.938 bits per heavy atom. The largest absolute Gasteiger partial charge is 0.333 e. The Morgan fingerprint density at radius 2 is 1.69 bits per heavy atom. The lowest BCUT2D eigenvalue weighted by Crippen LogP contribution is -2.51. The molecule has 0 N–H and O–H groups in total. The minimum atomic E-state index is -0.142. The lowest BCUT2D eigenvalue weighted by Gasteiger charge is -2.29. The fourth-order valence-corrected chi connectivity index (χ4v) is 4.69. The maximum atomic E-state index is 14.0. The summed E-state index contributed by atoms with van der Waals surface area (Å²) in [7, 11) is 0. The van der Waals surface area contributed by atoms with Crippen LogP contribution in [-0.4, -0.2) is 28.5 Å². The molecule has 0 radical (unpaired) electrons. The molecule has 0 fully saturated rings. The van der Waals surface area contributed by atoms with E-state index in [0.717, 1.165) is 46.7 Å². The molecule has 0 unspecified atom stereocenters. The highest BCUT2D eigenvalue weighted by molar-refractivity contribution is 5.99. The maximum Gasteiger partial charge on any atom is 0.277 e. The monoisotopic (exact) mass is 425 g/mol. The van der Waals surface area contributed by atoms with Gasteiger partial charge in [0.2, 0.25) is 0 Å². The summed E-state index contributed by atoms with van der Waals surface area (Å²) in [4.78, 5) is 33.9. The Hall–Kier alpha value is -3.47. The summed E-state index contributed by atoms with van der Waals surface area (Å²) in [5.74, 6) is -0.0806. The molecule has 0 spiro atoms. The number of hydrogen-bond acceptors (Lipinski definition) is 3. The number of fused-ring (bicyclic) bond motifs is 2. The van der Waals surface area contributed by atoms with Crippen molar-refractivity contribution in [3.05, 3.63) is 92.3 Å². The lowest BCUT2D eigenvalue weighted by atomic mass is 9.96. The van der Waals surface area contributed by atoms with Crippen molar-refractivity contribution in [3.63, 3.8) is 0 Å². The second-order valence-electron chi connectivity index (χ2n) is 8.60. The number of amides is 1. The Bertz CT molecular complexity index is 1340. The molecule has 0 atom stereocenters. The van der Waals surface area contributed by atoms with E-state index in [2.05, 4.69) is 23.2 Å². The maximum absolute atomic E-state index is 14.0. The van der Waals surface area contributed by atoms with Crippen LogP contribution in [0.5, 0.6) is 0 Å². The first-order chi connectivity index (χ1) is 15.6. The highest BCUT2D eigenvalue weighted by atomic mass is 16.2. The first-order valence-corrected chi connectivity index (χ1v) is 11.4. The third-order valence-corrected chi connectivity index (χ3v) is 6.33. The van der Waals surface area contributed by atoms with Gasteiger partial charge in [-0.3, -0.25) is 14.6 Å². The molecule has 5 nitrogen and oxygen atoms in total. The first kappa shape index (κ1) is 20.4. The molecule has 2 aliphatic rings. The highest BCUT2D eigenvalue weighted by Gasteiger charge is 2.28. The summed E-state index contributed by atoms with van der Waals surface area (Å²) in [6.07, 6.45) is 4.57. The molecule has 1 aromatic heterocycles. The summed E-state index contributed by atoms with van der Waals surface area (Å²) in [6, 6.07) is 18.3. The summed E-state index contributed by atoms with van der Waals surface area (Å²) in [5, 5.41) is 1.31. The van der Waals surface area contributed by atoms with Crippen LogP contribution in [0.2, 0.25) is 0 Å². The fraction of sp³-hybridized carbons (Fsp3) is 0.296. The normalized spacial score (nSPS) is 15.7. The molecule has 162 valence electrons. The predicted molar refractivity (Wildman–Crippen MR) is 126 cm³/mol. The van der Waals surface area contributed by atoms with Gasteiger partial charge in [0.1, 0.15) is 11.1 Å². The quantitative estimate of drug-likeness (QED) is 0.648. The van der Waals surface area contributed by atoms with E-state index in [9.17, 15) is 9.59 Å². The van der Waals surface area contributed by atoms with Crippen molar-refractivity contribution in [3.8, 4) is 11.1 Å². The summed E-state index contributed by atoms with van der Waals surface area (Å²) >= 11 is 0. The third-order valence-electron chi connectivity index (χ3n) is 6.33. The van der Waals surface area contributed by atoms with Crippen LogP contribution in [0.1, 0.15) is 40.9 Å². The predicted octanol–water partition coefficient (Wildman–Crippen LogP) is 3.06. The van der Waals surface area contributed by atoms with Crippen molar-refractivity contribution in [2.45, 2.75) is 39.3 Å². The molecule has 32 heavy (non-hydrogen) atoms. The van der Waals surface area contributed by atoms with Gasteiger partial charge in [-0.2, -0.15) is 0 Å². The molecule has 0 aliphatic carbocycles. The van der Waals surface area contributed by atoms with Gasteiger partial charge >= 0.3 is 0 Å². The van der Waals surface area contributed by atoms with Crippen molar-refractivity contribution in [1.82, 2.24) is 9.47 Å². The van der Waals surface area contributed by atoms with E-state index in [1.807, 2.05) is 54.3 Å². The molecule has 5 rings (SSSR count). The smallest absolute Gasteiger partial charge is 0.277 e. The summed E-state index contributed by atoms with van der Waals surface area (Å²) in [6.45, 7) is 4.42. The van der Waals surface area contributed by atoms with Crippen molar-refractivity contribution >= 4 is 12.0 Å². The van der Waals surface area contributed by atoms with Crippen LogP contribution < -0.4 is 16.1 Å². The van der Waals surface area contributed by atoms with Gasteiger partial charge in [0.05, 0.1) is 0 Å². The van der Waals surface area contributed by atoms with Gasteiger partial charge in [0.15, 0.2) is 0 Å². The number of rotatable bonds is 3. The van der Waals surface area contributed by atoms with E-state index in [1.165, 1.54) is 0 Å². The molecule has 1 amide bonds. The van der Waals surface area contributed by atoms with E-state index in [-0.39, 0.29) is 11.5 Å². The lowest BCUT2D eigenvalue weighted by molar-refractivity contribution is 0.0717. The molecule has 2 aromatic carbocycles. The van der Waals surface area contributed by atoms with Gasteiger partial charge in [-0.05, 0) is 37.3 Å². The zero-order valence-electron chi connectivity index (χ0n) is 18.4. The van der Waals surface area contributed by atoms with Crippen LogP contribution in [0.3, 0.4) is 0 Å². The van der Waals surface area contributed by atoms with E-state index in [1.54, 1.807) is 4.57 Å². The van der Waals surface area contributed by atoms with Crippen LogP contribution in [0.4, 0.5) is 0 Å². The average molecular weight is 426 g/mol. The highest BCUT2D eigenvalue weighted by Crippen LogP contribution is 2.24. The van der Waals surface area contributed by atoms with Crippen LogP contribution in [0.25, 0.3) is 17.2 Å². The third kappa shape index (κ3) is 3.68. The molecular weight excluding hydrogens is 398 g/mol. The number of benzene rings is 2. The SMILES string of the molecule is Cc1ccc(-c2c3n(c(=O)c4c2=CCCN=4)CCCCN(Cc2ccccc2)C3=O)cc1. The Balaban J connectivity index is 1.76. The number of aryl methyl sites for hydroxylation is 1. The average Bonchev–Trinajstić information content (AvgIpc) is 2.82. The summed E-state index contributed by atoms with van der Waals surface area (Å²) in [5.41, 5.74) is 4.40. The first-order valence-electron chi connectivity index (χ1n) is 11.4. The number of nitrogens with zero attached hydrogens (tertiary/aromatic N) is 3. The molecule has 0 saturated heterocycles. The molecule has 3 aromatic rings. The minimum Gasteiger partial charge on any atom is -0.333 e. The van der Waals surface area contributed by atoms with Crippen LogP contribution in [0.15, 0.2) is 64.4 Å². The molecule has 0 saturated carbocycles. The number of hydrogen-bond donors (Lipinski definition) is 0. The zero-order chi connectivity index (χ0) is 22.1. The summed E-state index contributed by atoms with van der Waals surface area (Å²) < 4.78 is 1.69. The molecular formula is C27H27N3O2. The van der Waals surface area contributed by atoms with E-state index >= 15 is 0 Å². The van der Waals surface area contributed by atoms with Crippen molar-refractivity contribution in [1.29, 1.82) is 0 Å². The van der Waals surface area contributed by atoms with Gasteiger partial charge in [0.25, 0.3) is 11.5 Å². The van der Waals surface area contributed by atoms with E-state index < -0.39 is 0 Å². The number of carbonyl (C=O) groups is 1. The Labute approximate surface area is 187 Å². The van der Waals surface area contributed by atoms with Gasteiger partial charge in [-0.25, -0.2) is 0 Å². The minimum absolute atomic E-state index is 0.0806. The van der Waals surface area contributed by atoms with Crippen LogP contribution >= 0.6 is 0 Å². The number of pyridine rings is 1. The van der Waals surface area contributed by atoms with E-state index in [4.69, 9.17) is 0 Å². The Morgan fingerprint density at radius 3 is 2.47 bits per heavy atom. The van der Waals surface area contributed by atoms with Gasteiger partial charge in [-0.15, -0.1) is 0 Å². The molecule has 3 heterocycles. The van der Waals surface area contributed by atoms with Gasteiger partial charge in [0, 0.05) is 37.0 Å².